The molecule has 0 saturated carbocycles. The third kappa shape index (κ3) is 9.98. The molecule has 15 nitrogen and oxygen atoms in total. The zero-order valence-electron chi connectivity index (χ0n) is 15.8. The number of amides is 4. The molecule has 0 heterocycles. The predicted molar refractivity (Wildman–Crippen MR) is 95.4 cm³/mol. The minimum Gasteiger partial charge on any atom is -0.481 e. The van der Waals surface area contributed by atoms with Crippen LogP contribution >= 0.6 is 0 Å². The average molecular weight is 433 g/mol. The fraction of sp³-hybridized carbons (Fsp3) is 0.533. The maximum Gasteiger partial charge on any atom is 0.326 e. The molecule has 0 radical (unpaired) electrons. The van der Waals surface area contributed by atoms with Crippen LogP contribution in [0.25, 0.3) is 0 Å². The van der Waals surface area contributed by atoms with Gasteiger partial charge in [-0.2, -0.15) is 0 Å². The monoisotopic (exact) mass is 433 g/mol. The Morgan fingerprint density at radius 1 is 0.733 bits per heavy atom. The minimum atomic E-state index is -1.77. The van der Waals surface area contributed by atoms with E-state index >= 15 is 0 Å². The van der Waals surface area contributed by atoms with E-state index in [0.29, 0.717) is 0 Å². The van der Waals surface area contributed by atoms with Crippen molar-refractivity contribution in [2.75, 3.05) is 0 Å². The number of rotatable bonds is 13. The summed E-state index contributed by atoms with van der Waals surface area (Å²) in [5.74, 6) is -8.73. The van der Waals surface area contributed by atoms with Crippen molar-refractivity contribution in [1.82, 2.24) is 16.0 Å². The van der Waals surface area contributed by atoms with Crippen molar-refractivity contribution in [3.63, 3.8) is 0 Å². The number of carbonyl (C=O) groups is 7. The zero-order chi connectivity index (χ0) is 23.6. The van der Waals surface area contributed by atoms with E-state index in [9.17, 15) is 33.6 Å². The molecule has 10 N–H and O–H groups in total. The number of aliphatic carboxylic acids is 3. The van der Waals surface area contributed by atoms with Crippen LogP contribution in [-0.2, 0) is 33.6 Å². The molecule has 15 heteroatoms. The average Bonchev–Trinajstić information content (AvgIpc) is 2.58. The standard InChI is InChI=1S/C15H23N5O10/c1-5(12(26)20-8(15(29)30)4-11(24)25)18-14(28)7(3-10(22)23)19-13(27)6(16)2-9(17)21/h5-8H,2-4,16H2,1H3,(H2,17,21)(H,18,28)(H,19,27)(H,20,26)(H,22,23)(H,24,25)(H,29,30). The molecule has 0 aliphatic rings. The van der Waals surface area contributed by atoms with Gasteiger partial charge < -0.3 is 42.7 Å². The highest BCUT2D eigenvalue weighted by Crippen LogP contribution is 1.99. The summed E-state index contributed by atoms with van der Waals surface area (Å²) in [6.45, 7) is 1.12. The largest absolute Gasteiger partial charge is 0.481 e. The molecule has 4 atom stereocenters. The number of carboxylic acids is 3. The van der Waals surface area contributed by atoms with Gasteiger partial charge in [-0.3, -0.25) is 28.8 Å². The fourth-order valence-corrected chi connectivity index (χ4v) is 2.02. The van der Waals surface area contributed by atoms with Gasteiger partial charge >= 0.3 is 17.9 Å². The molecule has 0 aromatic rings. The third-order valence-corrected chi connectivity index (χ3v) is 3.51. The Morgan fingerprint density at radius 3 is 1.63 bits per heavy atom. The Hall–Kier alpha value is -3.75. The van der Waals surface area contributed by atoms with Crippen LogP contribution in [-0.4, -0.2) is 81.0 Å². The molecule has 0 aliphatic heterocycles. The van der Waals surface area contributed by atoms with Crippen molar-refractivity contribution in [2.24, 2.45) is 11.5 Å². The summed E-state index contributed by atoms with van der Waals surface area (Å²) in [5.41, 5.74) is 10.3. The van der Waals surface area contributed by atoms with E-state index in [1.165, 1.54) is 0 Å². The molecule has 4 unspecified atom stereocenters. The third-order valence-electron chi connectivity index (χ3n) is 3.51. The van der Waals surface area contributed by atoms with E-state index in [1.807, 2.05) is 10.6 Å². The van der Waals surface area contributed by atoms with E-state index in [1.54, 1.807) is 0 Å². The summed E-state index contributed by atoms with van der Waals surface area (Å²) in [7, 11) is 0. The highest BCUT2D eigenvalue weighted by atomic mass is 16.4. The van der Waals surface area contributed by atoms with Gasteiger partial charge in [-0.15, -0.1) is 0 Å². The number of primary amides is 1. The molecule has 0 spiro atoms. The van der Waals surface area contributed by atoms with Gasteiger partial charge in [0.05, 0.1) is 25.3 Å². The van der Waals surface area contributed by atoms with Gasteiger partial charge in [0.1, 0.15) is 18.1 Å². The Balaban J connectivity index is 5.12. The molecule has 0 fully saturated rings. The first-order valence-corrected chi connectivity index (χ1v) is 8.36. The van der Waals surface area contributed by atoms with Gasteiger partial charge in [-0.1, -0.05) is 0 Å². The van der Waals surface area contributed by atoms with Crippen LogP contribution in [0.1, 0.15) is 26.2 Å². The van der Waals surface area contributed by atoms with E-state index < -0.39 is 85.0 Å². The maximum absolute atomic E-state index is 12.3. The van der Waals surface area contributed by atoms with Gasteiger partial charge in [0.25, 0.3) is 0 Å². The van der Waals surface area contributed by atoms with Gasteiger partial charge in [-0.25, -0.2) is 4.79 Å². The topological polar surface area (TPSA) is 268 Å². The van der Waals surface area contributed by atoms with Crippen molar-refractivity contribution in [3.05, 3.63) is 0 Å². The number of nitrogens with two attached hydrogens (primary N) is 2. The second-order valence-electron chi connectivity index (χ2n) is 6.16. The first-order chi connectivity index (χ1) is 13.7. The first-order valence-electron chi connectivity index (χ1n) is 8.36. The Kier molecular flexibility index (Phi) is 10.5. The Labute approximate surface area is 169 Å². The molecule has 0 aliphatic carbocycles. The second-order valence-corrected chi connectivity index (χ2v) is 6.16. The number of carbonyl (C=O) groups excluding carboxylic acids is 4. The summed E-state index contributed by atoms with van der Waals surface area (Å²) in [6, 6.07) is -6.31. The molecule has 4 amide bonds. The lowest BCUT2D eigenvalue weighted by Gasteiger charge is -2.22. The van der Waals surface area contributed by atoms with Crippen molar-refractivity contribution in [1.29, 1.82) is 0 Å². The van der Waals surface area contributed by atoms with E-state index in [0.717, 1.165) is 6.92 Å². The van der Waals surface area contributed by atoms with Crippen LogP contribution in [0.4, 0.5) is 0 Å². The molecule has 0 saturated heterocycles. The molecule has 30 heavy (non-hydrogen) atoms. The van der Waals surface area contributed by atoms with Gasteiger partial charge in [0, 0.05) is 0 Å². The lowest BCUT2D eigenvalue weighted by molar-refractivity contribution is -0.147. The van der Waals surface area contributed by atoms with Crippen LogP contribution < -0.4 is 27.4 Å². The highest BCUT2D eigenvalue weighted by molar-refractivity contribution is 5.96. The maximum atomic E-state index is 12.3. The first kappa shape index (κ1) is 26.2. The van der Waals surface area contributed by atoms with Crippen LogP contribution in [0.5, 0.6) is 0 Å². The zero-order valence-corrected chi connectivity index (χ0v) is 15.8. The van der Waals surface area contributed by atoms with E-state index in [2.05, 4.69) is 5.32 Å². The van der Waals surface area contributed by atoms with E-state index in [4.69, 9.17) is 26.8 Å². The lowest BCUT2D eigenvalue weighted by atomic mass is 10.1. The van der Waals surface area contributed by atoms with Gasteiger partial charge in [-0.05, 0) is 6.92 Å². The number of hydrogen-bond acceptors (Lipinski definition) is 8. The fourth-order valence-electron chi connectivity index (χ4n) is 2.02. The number of carboxylic acid groups (broad SMARTS) is 3. The van der Waals surface area contributed by atoms with Crippen molar-refractivity contribution >= 4 is 41.5 Å². The van der Waals surface area contributed by atoms with Gasteiger partial charge in [0.15, 0.2) is 0 Å². The van der Waals surface area contributed by atoms with Crippen LogP contribution in [0.3, 0.4) is 0 Å². The number of nitrogens with one attached hydrogen (secondary N) is 3. The van der Waals surface area contributed by atoms with Crippen molar-refractivity contribution in [2.45, 2.75) is 50.4 Å². The molecular formula is C15H23N5O10. The quantitative estimate of drug-likeness (QED) is 0.137. The molecule has 0 bridgehead atoms. The molecule has 0 aromatic heterocycles. The minimum absolute atomic E-state index is 0.563. The van der Waals surface area contributed by atoms with Crippen molar-refractivity contribution < 1.29 is 48.9 Å². The summed E-state index contributed by atoms with van der Waals surface area (Å²) < 4.78 is 0. The van der Waals surface area contributed by atoms with E-state index in [-0.39, 0.29) is 0 Å². The lowest BCUT2D eigenvalue weighted by Crippen LogP contribution is -2.57. The predicted octanol–water partition coefficient (Wildman–Crippen LogP) is -4.30. The highest BCUT2D eigenvalue weighted by Gasteiger charge is 2.30. The van der Waals surface area contributed by atoms with Gasteiger partial charge in [0.2, 0.25) is 23.6 Å². The second kappa shape index (κ2) is 11.9. The summed E-state index contributed by atoms with van der Waals surface area (Å²) in [6.07, 6.45) is -2.38. The number of hydrogen-bond donors (Lipinski definition) is 8. The summed E-state index contributed by atoms with van der Waals surface area (Å²) in [4.78, 5) is 79.5. The van der Waals surface area contributed by atoms with Crippen LogP contribution in [0.15, 0.2) is 0 Å². The molecule has 0 aromatic carbocycles. The smallest absolute Gasteiger partial charge is 0.326 e. The van der Waals surface area contributed by atoms with Crippen LogP contribution in [0, 0.1) is 0 Å². The Bertz CT molecular complexity index is 725. The Morgan fingerprint density at radius 2 is 1.20 bits per heavy atom. The molecule has 168 valence electrons. The normalized spacial score (nSPS) is 14.3. The van der Waals surface area contributed by atoms with Crippen molar-refractivity contribution in [3.8, 4) is 0 Å². The summed E-state index contributed by atoms with van der Waals surface area (Å²) in [5, 5.41) is 32.4. The van der Waals surface area contributed by atoms with Crippen LogP contribution in [0.2, 0.25) is 0 Å². The SMILES string of the molecule is CC(NC(=O)C(CC(=O)O)NC(=O)C(N)CC(N)=O)C(=O)NC(CC(=O)O)C(=O)O. The summed E-state index contributed by atoms with van der Waals surface area (Å²) >= 11 is 0. The molecule has 0 rings (SSSR count). The molecular weight excluding hydrogens is 410 g/mol.